The maximum Gasteiger partial charge on any atom is 0.252 e. The van der Waals surface area contributed by atoms with Crippen molar-refractivity contribution in [3.63, 3.8) is 0 Å². The second-order valence-electron chi connectivity index (χ2n) is 4.81. The van der Waals surface area contributed by atoms with Crippen LogP contribution in [0.2, 0.25) is 10.0 Å². The fraction of sp³-hybridized carbons (Fsp3) is 0.500. The molecule has 1 saturated heterocycles. The Morgan fingerprint density at radius 1 is 1.40 bits per heavy atom. The van der Waals surface area contributed by atoms with Gasteiger partial charge in [-0.25, -0.2) is 0 Å². The molecule has 1 fully saturated rings. The number of carbonyl (C=O) groups excluding carboxylic acids is 1. The summed E-state index contributed by atoms with van der Waals surface area (Å²) in [4.78, 5) is 12.2. The average Bonchev–Trinajstić information content (AvgIpc) is 2.46. The minimum Gasteiger partial charge on any atom is -0.381 e. The molecule has 0 atom stereocenters. The number of halogens is 2. The minimum absolute atomic E-state index is 0.0623. The van der Waals surface area contributed by atoms with Crippen LogP contribution in [0.25, 0.3) is 0 Å². The Morgan fingerprint density at radius 3 is 2.70 bits per heavy atom. The van der Waals surface area contributed by atoms with Crippen molar-refractivity contribution in [2.24, 2.45) is 0 Å². The molecule has 1 N–H and O–H groups in total. The molecule has 110 valence electrons. The van der Waals surface area contributed by atoms with E-state index < -0.39 is 0 Å². The predicted octanol–water partition coefficient (Wildman–Crippen LogP) is 3.64. The zero-order valence-electron chi connectivity index (χ0n) is 11.2. The van der Waals surface area contributed by atoms with Gasteiger partial charge in [-0.15, -0.1) is 0 Å². The molecule has 1 heterocycles. The summed E-state index contributed by atoms with van der Waals surface area (Å²) in [5.74, 6) is -0.161. The monoisotopic (exact) mass is 333 g/mol. The fourth-order valence-electron chi connectivity index (χ4n) is 2.21. The van der Waals surface area contributed by atoms with Gasteiger partial charge in [0.25, 0.3) is 5.91 Å². The molecule has 1 aliphatic heterocycles. The van der Waals surface area contributed by atoms with Gasteiger partial charge >= 0.3 is 0 Å². The Kier molecular flexibility index (Phi) is 5.61. The third-order valence-corrected chi connectivity index (χ3v) is 5.55. The quantitative estimate of drug-likeness (QED) is 0.914. The molecule has 1 aromatic carbocycles. The molecule has 2 rings (SSSR count). The SMILES string of the molecule is CSC1(CNC(=O)c2ccc(Cl)cc2Cl)CCOCC1. The van der Waals surface area contributed by atoms with E-state index in [0.29, 0.717) is 22.2 Å². The highest BCUT2D eigenvalue weighted by Gasteiger charge is 2.32. The van der Waals surface area contributed by atoms with Crippen molar-refractivity contribution >= 4 is 40.9 Å². The highest BCUT2D eigenvalue weighted by atomic mass is 35.5. The number of thioether (sulfide) groups is 1. The Balaban J connectivity index is 2.00. The third-order valence-electron chi connectivity index (χ3n) is 3.58. The molecule has 0 saturated carbocycles. The molecule has 0 bridgehead atoms. The van der Waals surface area contributed by atoms with Crippen molar-refractivity contribution in [2.45, 2.75) is 17.6 Å². The summed E-state index contributed by atoms with van der Waals surface area (Å²) >= 11 is 13.7. The van der Waals surface area contributed by atoms with Crippen LogP contribution >= 0.6 is 35.0 Å². The van der Waals surface area contributed by atoms with Crippen LogP contribution in [0.5, 0.6) is 0 Å². The summed E-state index contributed by atoms with van der Waals surface area (Å²) in [6, 6.07) is 4.90. The van der Waals surface area contributed by atoms with Crippen molar-refractivity contribution in [3.05, 3.63) is 33.8 Å². The molecule has 20 heavy (non-hydrogen) atoms. The first-order chi connectivity index (χ1) is 9.56. The lowest BCUT2D eigenvalue weighted by atomic mass is 9.99. The van der Waals surface area contributed by atoms with E-state index in [1.54, 1.807) is 30.0 Å². The number of ether oxygens (including phenoxy) is 1. The summed E-state index contributed by atoms with van der Waals surface area (Å²) in [6.07, 6.45) is 3.97. The Morgan fingerprint density at radius 2 is 2.10 bits per heavy atom. The van der Waals surface area contributed by atoms with E-state index in [4.69, 9.17) is 27.9 Å². The first kappa shape index (κ1) is 16.0. The van der Waals surface area contributed by atoms with Gasteiger partial charge in [-0.05, 0) is 37.3 Å². The zero-order chi connectivity index (χ0) is 14.6. The van der Waals surface area contributed by atoms with E-state index in [9.17, 15) is 4.79 Å². The molecule has 1 amide bonds. The molecule has 1 aliphatic rings. The maximum atomic E-state index is 12.2. The lowest BCUT2D eigenvalue weighted by Crippen LogP contribution is -2.44. The van der Waals surface area contributed by atoms with E-state index >= 15 is 0 Å². The van der Waals surface area contributed by atoms with Gasteiger partial charge in [0, 0.05) is 29.5 Å². The van der Waals surface area contributed by atoms with Crippen molar-refractivity contribution in [1.82, 2.24) is 5.32 Å². The molecular weight excluding hydrogens is 317 g/mol. The van der Waals surface area contributed by atoms with Crippen LogP contribution in [-0.2, 0) is 4.74 Å². The summed E-state index contributed by atoms with van der Waals surface area (Å²) in [5.41, 5.74) is 0.458. The first-order valence-electron chi connectivity index (χ1n) is 6.42. The second-order valence-corrected chi connectivity index (χ2v) is 6.92. The number of rotatable bonds is 4. The number of carbonyl (C=O) groups is 1. The van der Waals surface area contributed by atoms with Crippen molar-refractivity contribution in [3.8, 4) is 0 Å². The van der Waals surface area contributed by atoms with Crippen LogP contribution in [-0.4, -0.2) is 36.7 Å². The number of hydrogen-bond donors (Lipinski definition) is 1. The molecule has 0 aromatic heterocycles. The summed E-state index contributed by atoms with van der Waals surface area (Å²) in [5, 5.41) is 3.88. The van der Waals surface area contributed by atoms with Crippen LogP contribution in [0.1, 0.15) is 23.2 Å². The number of hydrogen-bond acceptors (Lipinski definition) is 3. The van der Waals surface area contributed by atoms with Gasteiger partial charge in [0.1, 0.15) is 0 Å². The van der Waals surface area contributed by atoms with Gasteiger partial charge in [-0.2, -0.15) is 11.8 Å². The molecule has 0 radical (unpaired) electrons. The highest BCUT2D eigenvalue weighted by Crippen LogP contribution is 2.33. The molecule has 6 heteroatoms. The van der Waals surface area contributed by atoms with Crippen LogP contribution in [0.3, 0.4) is 0 Å². The Labute approximate surface area is 133 Å². The van der Waals surface area contributed by atoms with Crippen molar-refractivity contribution in [2.75, 3.05) is 26.0 Å². The van der Waals surface area contributed by atoms with Gasteiger partial charge in [0.05, 0.1) is 10.6 Å². The summed E-state index contributed by atoms with van der Waals surface area (Å²) < 4.78 is 5.45. The van der Waals surface area contributed by atoms with Gasteiger partial charge in [0.2, 0.25) is 0 Å². The highest BCUT2D eigenvalue weighted by molar-refractivity contribution is 8.00. The van der Waals surface area contributed by atoms with E-state index in [0.717, 1.165) is 26.1 Å². The summed E-state index contributed by atoms with van der Waals surface area (Å²) in [6.45, 7) is 2.12. The lowest BCUT2D eigenvalue weighted by molar-refractivity contribution is 0.0742. The predicted molar refractivity (Wildman–Crippen MR) is 85.1 cm³/mol. The number of amides is 1. The van der Waals surface area contributed by atoms with E-state index in [1.165, 1.54) is 0 Å². The first-order valence-corrected chi connectivity index (χ1v) is 8.40. The molecule has 0 aliphatic carbocycles. The van der Waals surface area contributed by atoms with Gasteiger partial charge in [-0.1, -0.05) is 23.2 Å². The number of benzene rings is 1. The van der Waals surface area contributed by atoms with Crippen LogP contribution < -0.4 is 5.32 Å². The Bertz CT molecular complexity index is 490. The van der Waals surface area contributed by atoms with Crippen LogP contribution in [0, 0.1) is 0 Å². The normalized spacial score (nSPS) is 17.8. The van der Waals surface area contributed by atoms with Gasteiger partial charge in [0.15, 0.2) is 0 Å². The molecule has 3 nitrogen and oxygen atoms in total. The maximum absolute atomic E-state index is 12.2. The fourth-order valence-corrected chi connectivity index (χ4v) is 3.49. The van der Waals surface area contributed by atoms with Gasteiger partial charge < -0.3 is 10.1 Å². The number of nitrogens with one attached hydrogen (secondary N) is 1. The standard InChI is InChI=1S/C14H17Cl2NO2S/c1-20-14(4-6-19-7-5-14)9-17-13(18)11-3-2-10(15)8-12(11)16/h2-3,8H,4-7,9H2,1H3,(H,17,18). The average molecular weight is 334 g/mol. The molecule has 1 aromatic rings. The van der Waals surface area contributed by atoms with Crippen molar-refractivity contribution < 1.29 is 9.53 Å². The Hall–Kier alpha value is -0.420. The lowest BCUT2D eigenvalue weighted by Gasteiger charge is -2.35. The van der Waals surface area contributed by atoms with Crippen molar-refractivity contribution in [1.29, 1.82) is 0 Å². The van der Waals surface area contributed by atoms with Crippen LogP contribution in [0.4, 0.5) is 0 Å². The topological polar surface area (TPSA) is 38.3 Å². The van der Waals surface area contributed by atoms with Crippen LogP contribution in [0.15, 0.2) is 18.2 Å². The molecular formula is C14H17Cl2NO2S. The second kappa shape index (κ2) is 7.03. The zero-order valence-corrected chi connectivity index (χ0v) is 13.6. The van der Waals surface area contributed by atoms with E-state index in [2.05, 4.69) is 11.6 Å². The third kappa shape index (κ3) is 3.82. The molecule has 0 spiro atoms. The summed E-state index contributed by atoms with van der Waals surface area (Å²) in [7, 11) is 0. The smallest absolute Gasteiger partial charge is 0.252 e. The largest absolute Gasteiger partial charge is 0.381 e. The van der Waals surface area contributed by atoms with E-state index in [-0.39, 0.29) is 10.7 Å². The van der Waals surface area contributed by atoms with Gasteiger partial charge in [-0.3, -0.25) is 4.79 Å². The van der Waals surface area contributed by atoms with E-state index in [1.807, 2.05) is 0 Å². The molecule has 0 unspecified atom stereocenters. The minimum atomic E-state index is -0.161.